The van der Waals surface area contributed by atoms with E-state index in [-0.39, 0.29) is 10.3 Å². The van der Waals surface area contributed by atoms with Gasteiger partial charge in [-0.05, 0) is 30.4 Å². The fourth-order valence-electron chi connectivity index (χ4n) is 3.29. The molecule has 1 heterocycles. The standard InChI is InChI=1S/C19H31NO4S/c1-19(2)12-8-6-5-7-9-13-24-17-14-16(23-4)10-11-18(17)25(21,22)20(3)15-19/h10-11,14H,5-9,12-13,15H2,1-4H3. The minimum atomic E-state index is -3.61. The SMILES string of the molecule is COc1ccc2c(c1)OCCCCCCCC(C)(C)CN(C)S2(=O)=O. The first kappa shape index (κ1) is 20.0. The van der Waals surface area contributed by atoms with Gasteiger partial charge in [0.1, 0.15) is 16.4 Å². The van der Waals surface area contributed by atoms with Gasteiger partial charge < -0.3 is 9.47 Å². The number of nitrogens with zero attached hydrogens (tertiary/aromatic N) is 1. The van der Waals surface area contributed by atoms with Crippen molar-refractivity contribution in [2.24, 2.45) is 5.41 Å². The van der Waals surface area contributed by atoms with Crippen molar-refractivity contribution in [3.63, 3.8) is 0 Å². The fraction of sp³-hybridized carbons (Fsp3) is 0.684. The van der Waals surface area contributed by atoms with Crippen LogP contribution in [0.15, 0.2) is 23.1 Å². The van der Waals surface area contributed by atoms with E-state index >= 15 is 0 Å². The van der Waals surface area contributed by atoms with E-state index in [4.69, 9.17) is 9.47 Å². The lowest BCUT2D eigenvalue weighted by Gasteiger charge is -2.30. The van der Waals surface area contributed by atoms with Crippen LogP contribution in [0.4, 0.5) is 0 Å². The van der Waals surface area contributed by atoms with E-state index in [0.29, 0.717) is 24.7 Å². The molecule has 142 valence electrons. The number of fused-ring (bicyclic) bond motifs is 1. The number of ether oxygens (including phenoxy) is 2. The van der Waals surface area contributed by atoms with Crippen LogP contribution in [-0.4, -0.2) is 40.0 Å². The Morgan fingerprint density at radius 3 is 2.52 bits per heavy atom. The molecule has 1 aromatic carbocycles. The zero-order chi connectivity index (χ0) is 18.5. The quantitative estimate of drug-likeness (QED) is 0.749. The van der Waals surface area contributed by atoms with Crippen LogP contribution >= 0.6 is 0 Å². The summed E-state index contributed by atoms with van der Waals surface area (Å²) in [4.78, 5) is 0.212. The third-order valence-corrected chi connectivity index (χ3v) is 6.59. The molecule has 5 nitrogen and oxygen atoms in total. The highest BCUT2D eigenvalue weighted by atomic mass is 32.2. The van der Waals surface area contributed by atoms with Crippen molar-refractivity contribution in [2.75, 3.05) is 27.3 Å². The highest BCUT2D eigenvalue weighted by Crippen LogP contribution is 2.33. The Labute approximate surface area is 152 Å². The van der Waals surface area contributed by atoms with Gasteiger partial charge in [-0.1, -0.05) is 39.5 Å². The van der Waals surface area contributed by atoms with Gasteiger partial charge in [-0.15, -0.1) is 0 Å². The van der Waals surface area contributed by atoms with Gasteiger partial charge in [0.25, 0.3) is 0 Å². The molecule has 0 N–H and O–H groups in total. The van der Waals surface area contributed by atoms with Gasteiger partial charge in [-0.2, -0.15) is 0 Å². The maximum atomic E-state index is 13.1. The van der Waals surface area contributed by atoms with E-state index in [0.717, 1.165) is 25.7 Å². The molecule has 0 unspecified atom stereocenters. The van der Waals surface area contributed by atoms with Gasteiger partial charge >= 0.3 is 0 Å². The molecule has 2 rings (SSSR count). The van der Waals surface area contributed by atoms with Gasteiger partial charge in [0.05, 0.1) is 13.7 Å². The van der Waals surface area contributed by atoms with E-state index < -0.39 is 10.0 Å². The molecule has 0 radical (unpaired) electrons. The van der Waals surface area contributed by atoms with Crippen LogP contribution in [0.1, 0.15) is 52.4 Å². The summed E-state index contributed by atoms with van der Waals surface area (Å²) in [6, 6.07) is 4.92. The van der Waals surface area contributed by atoms with E-state index in [1.54, 1.807) is 32.4 Å². The summed E-state index contributed by atoms with van der Waals surface area (Å²) in [5.41, 5.74) is -0.0561. The fourth-order valence-corrected chi connectivity index (χ4v) is 4.76. The maximum absolute atomic E-state index is 13.1. The highest BCUT2D eigenvalue weighted by Gasteiger charge is 2.30. The van der Waals surface area contributed by atoms with Crippen LogP contribution in [0, 0.1) is 5.41 Å². The van der Waals surface area contributed by atoms with Crippen LogP contribution in [0.3, 0.4) is 0 Å². The Morgan fingerprint density at radius 1 is 1.12 bits per heavy atom. The summed E-state index contributed by atoms with van der Waals surface area (Å²) in [7, 11) is -0.399. The number of sulfonamides is 1. The van der Waals surface area contributed by atoms with Crippen LogP contribution in [0.25, 0.3) is 0 Å². The Bertz CT molecular complexity index is 670. The van der Waals surface area contributed by atoms with E-state index in [2.05, 4.69) is 13.8 Å². The third-order valence-electron chi connectivity index (χ3n) is 4.75. The summed E-state index contributed by atoms with van der Waals surface area (Å²) >= 11 is 0. The lowest BCUT2D eigenvalue weighted by molar-refractivity contribution is 0.250. The van der Waals surface area contributed by atoms with Gasteiger partial charge in [0.2, 0.25) is 10.0 Å². The summed E-state index contributed by atoms with van der Waals surface area (Å²) in [6.45, 7) is 5.28. The number of hydrogen-bond acceptors (Lipinski definition) is 4. The minimum absolute atomic E-state index is 0.0561. The average Bonchev–Trinajstić information content (AvgIpc) is 2.55. The zero-order valence-electron chi connectivity index (χ0n) is 15.9. The van der Waals surface area contributed by atoms with Crippen LogP contribution in [0.2, 0.25) is 0 Å². The molecule has 6 heteroatoms. The molecule has 0 amide bonds. The maximum Gasteiger partial charge on any atom is 0.246 e. The second kappa shape index (κ2) is 8.41. The van der Waals surface area contributed by atoms with Crippen molar-refractivity contribution < 1.29 is 17.9 Å². The van der Waals surface area contributed by atoms with Crippen molar-refractivity contribution in [1.29, 1.82) is 0 Å². The van der Waals surface area contributed by atoms with Gasteiger partial charge in [-0.25, -0.2) is 12.7 Å². The van der Waals surface area contributed by atoms with Gasteiger partial charge in [-0.3, -0.25) is 0 Å². The normalized spacial score (nSPS) is 22.2. The molecule has 25 heavy (non-hydrogen) atoms. The molecular formula is C19H31NO4S. The molecule has 0 saturated heterocycles. The van der Waals surface area contributed by atoms with Crippen molar-refractivity contribution >= 4 is 10.0 Å². The number of hydrogen-bond donors (Lipinski definition) is 0. The monoisotopic (exact) mass is 369 g/mol. The summed E-state index contributed by atoms with van der Waals surface area (Å²) in [5.74, 6) is 0.971. The van der Waals surface area contributed by atoms with Crippen LogP contribution < -0.4 is 9.47 Å². The summed E-state index contributed by atoms with van der Waals surface area (Å²) in [5, 5.41) is 0. The Balaban J connectivity index is 2.38. The predicted octanol–water partition coefficient (Wildman–Crippen LogP) is 4.07. The lowest BCUT2D eigenvalue weighted by Crippen LogP contribution is -2.36. The third kappa shape index (κ3) is 5.35. The number of benzene rings is 1. The first-order chi connectivity index (χ1) is 11.8. The molecule has 0 aliphatic carbocycles. The Hall–Kier alpha value is -1.27. The molecule has 0 atom stereocenters. The molecule has 0 aromatic heterocycles. The van der Waals surface area contributed by atoms with Crippen molar-refractivity contribution in [2.45, 2.75) is 57.3 Å². The predicted molar refractivity (Wildman–Crippen MR) is 99.8 cm³/mol. The first-order valence-electron chi connectivity index (χ1n) is 9.03. The summed E-state index contributed by atoms with van der Waals surface area (Å²) < 4.78 is 38.7. The highest BCUT2D eigenvalue weighted by molar-refractivity contribution is 7.89. The summed E-state index contributed by atoms with van der Waals surface area (Å²) in [6.07, 6.45) is 6.57. The second-order valence-corrected chi connectivity index (χ2v) is 9.62. The zero-order valence-corrected chi connectivity index (χ0v) is 16.7. The van der Waals surface area contributed by atoms with Crippen molar-refractivity contribution in [3.8, 4) is 11.5 Å². The Morgan fingerprint density at radius 2 is 1.80 bits per heavy atom. The number of rotatable bonds is 1. The molecular weight excluding hydrogens is 338 g/mol. The van der Waals surface area contributed by atoms with E-state index in [1.807, 2.05) is 0 Å². The topological polar surface area (TPSA) is 55.8 Å². The molecule has 0 bridgehead atoms. The van der Waals surface area contributed by atoms with Gasteiger partial charge in [0, 0.05) is 19.7 Å². The Kier molecular flexibility index (Phi) is 6.74. The molecule has 1 aromatic rings. The minimum Gasteiger partial charge on any atom is -0.497 e. The second-order valence-electron chi connectivity index (χ2n) is 7.60. The largest absolute Gasteiger partial charge is 0.497 e. The average molecular weight is 370 g/mol. The van der Waals surface area contributed by atoms with E-state index in [9.17, 15) is 8.42 Å². The van der Waals surface area contributed by atoms with Crippen LogP contribution in [-0.2, 0) is 10.0 Å². The van der Waals surface area contributed by atoms with Crippen LogP contribution in [0.5, 0.6) is 11.5 Å². The lowest BCUT2D eigenvalue weighted by atomic mass is 9.87. The molecule has 0 saturated carbocycles. The molecule has 1 aliphatic rings. The van der Waals surface area contributed by atoms with Crippen molar-refractivity contribution in [1.82, 2.24) is 4.31 Å². The molecule has 1 aliphatic heterocycles. The first-order valence-corrected chi connectivity index (χ1v) is 10.5. The number of methoxy groups -OCH3 is 1. The molecule has 0 spiro atoms. The van der Waals surface area contributed by atoms with E-state index in [1.165, 1.54) is 17.1 Å². The molecule has 0 fully saturated rings. The van der Waals surface area contributed by atoms with Gasteiger partial charge in [0.15, 0.2) is 0 Å². The smallest absolute Gasteiger partial charge is 0.246 e. The van der Waals surface area contributed by atoms with Crippen molar-refractivity contribution in [3.05, 3.63) is 18.2 Å².